The molecule has 9 nitrogen and oxygen atoms in total. The Morgan fingerprint density at radius 1 is 1.24 bits per heavy atom. The van der Waals surface area contributed by atoms with E-state index in [1.165, 1.54) is 18.3 Å². The lowest BCUT2D eigenvalue weighted by atomic mass is 9.89. The van der Waals surface area contributed by atoms with Gasteiger partial charge in [-0.1, -0.05) is 0 Å². The third-order valence-corrected chi connectivity index (χ3v) is 6.69. The molecular formula is C27H27FN8O. The molecule has 5 rings (SSSR count). The summed E-state index contributed by atoms with van der Waals surface area (Å²) in [5.41, 5.74) is 2.58. The second kappa shape index (κ2) is 9.85. The van der Waals surface area contributed by atoms with E-state index in [4.69, 9.17) is 15.1 Å². The molecule has 0 unspecified atom stereocenters. The van der Waals surface area contributed by atoms with Crippen LogP contribution in [0.2, 0.25) is 0 Å². The summed E-state index contributed by atoms with van der Waals surface area (Å²) >= 11 is 0. The fourth-order valence-electron chi connectivity index (χ4n) is 4.66. The van der Waals surface area contributed by atoms with Crippen molar-refractivity contribution in [1.29, 1.82) is 10.7 Å². The largest absolute Gasteiger partial charge is 0.492 e. The molecule has 37 heavy (non-hydrogen) atoms. The zero-order valence-electron chi connectivity index (χ0n) is 20.7. The topological polar surface area (TPSA) is 115 Å². The van der Waals surface area contributed by atoms with Gasteiger partial charge >= 0.3 is 0 Å². The molecule has 0 radical (unpaired) electrons. The van der Waals surface area contributed by atoms with Crippen molar-refractivity contribution in [3.8, 4) is 22.9 Å². The maximum Gasteiger partial charge on any atom is 0.152 e. The predicted molar refractivity (Wildman–Crippen MR) is 138 cm³/mol. The van der Waals surface area contributed by atoms with E-state index >= 15 is 0 Å². The van der Waals surface area contributed by atoms with Crippen molar-refractivity contribution < 1.29 is 9.13 Å². The van der Waals surface area contributed by atoms with E-state index in [1.807, 2.05) is 32.0 Å². The number of aromatic nitrogens is 4. The molecule has 10 heteroatoms. The van der Waals surface area contributed by atoms with E-state index in [9.17, 15) is 9.65 Å². The molecule has 5 heterocycles. The summed E-state index contributed by atoms with van der Waals surface area (Å²) in [7, 11) is 0. The first-order chi connectivity index (χ1) is 17.9. The van der Waals surface area contributed by atoms with E-state index in [-0.39, 0.29) is 17.1 Å². The highest BCUT2D eigenvalue weighted by atomic mass is 19.1. The number of fused-ring (bicyclic) bond motifs is 1. The van der Waals surface area contributed by atoms with E-state index in [1.54, 1.807) is 23.1 Å². The van der Waals surface area contributed by atoms with Gasteiger partial charge in [0.1, 0.15) is 29.2 Å². The summed E-state index contributed by atoms with van der Waals surface area (Å²) in [5.74, 6) is 1.00. The molecule has 1 fully saturated rings. The van der Waals surface area contributed by atoms with Gasteiger partial charge in [-0.25, -0.2) is 18.9 Å². The van der Waals surface area contributed by atoms with Gasteiger partial charge in [0.05, 0.1) is 30.1 Å². The molecule has 2 N–H and O–H groups in total. The van der Waals surface area contributed by atoms with Gasteiger partial charge < -0.3 is 15.0 Å². The number of nitrogens with one attached hydrogen (secondary N) is 2. The monoisotopic (exact) mass is 498 g/mol. The van der Waals surface area contributed by atoms with Crippen molar-refractivity contribution in [2.75, 3.05) is 24.6 Å². The quantitative estimate of drug-likeness (QED) is 0.303. The highest BCUT2D eigenvalue weighted by molar-refractivity contribution is 5.95. The van der Waals surface area contributed by atoms with Crippen LogP contribution in [0, 0.1) is 22.6 Å². The maximum absolute atomic E-state index is 14.0. The number of nitrogens with zero attached hydrogens (tertiary/aromatic N) is 6. The van der Waals surface area contributed by atoms with Gasteiger partial charge in [-0.05, 0) is 57.0 Å². The number of ether oxygens (including phenoxy) is 1. The Morgan fingerprint density at radius 2 is 2.05 bits per heavy atom. The molecule has 0 spiro atoms. The van der Waals surface area contributed by atoms with Crippen molar-refractivity contribution >= 4 is 17.2 Å². The van der Waals surface area contributed by atoms with Gasteiger partial charge in [-0.2, -0.15) is 10.4 Å². The summed E-state index contributed by atoms with van der Waals surface area (Å²) < 4.78 is 21.4. The first kappa shape index (κ1) is 24.2. The second-order valence-corrected chi connectivity index (χ2v) is 9.27. The molecular weight excluding hydrogens is 471 g/mol. The Kier molecular flexibility index (Phi) is 6.44. The van der Waals surface area contributed by atoms with Gasteiger partial charge in [-0.15, -0.1) is 0 Å². The zero-order valence-corrected chi connectivity index (χ0v) is 20.7. The van der Waals surface area contributed by atoms with Crippen LogP contribution in [-0.4, -0.2) is 50.7 Å². The van der Waals surface area contributed by atoms with Crippen molar-refractivity contribution in [1.82, 2.24) is 24.9 Å². The lowest BCUT2D eigenvalue weighted by Crippen LogP contribution is -2.53. The number of nitriles is 1. The highest BCUT2D eigenvalue weighted by Crippen LogP contribution is 2.32. The smallest absolute Gasteiger partial charge is 0.152 e. The van der Waals surface area contributed by atoms with Crippen LogP contribution in [0.25, 0.3) is 16.6 Å². The normalized spacial score (nSPS) is 14.8. The molecule has 0 saturated carbocycles. The van der Waals surface area contributed by atoms with Crippen LogP contribution in [0.1, 0.15) is 37.9 Å². The minimum absolute atomic E-state index is 0.00580. The molecule has 0 aliphatic carbocycles. The highest BCUT2D eigenvalue weighted by Gasteiger charge is 2.32. The van der Waals surface area contributed by atoms with Gasteiger partial charge in [0.2, 0.25) is 0 Å². The van der Waals surface area contributed by atoms with E-state index in [0.29, 0.717) is 23.4 Å². The SMILES string of the molecule is CCOc1cc(-c2ccc(N3CCC(C)(NC(=N)c4ncccc4F)CC3)nc2)c2c(C#N)cnn2c1. The Balaban J connectivity index is 1.32. The van der Waals surface area contributed by atoms with Crippen LogP contribution in [0.15, 0.2) is 55.1 Å². The Morgan fingerprint density at radius 3 is 2.73 bits per heavy atom. The lowest BCUT2D eigenvalue weighted by Gasteiger charge is -2.41. The summed E-state index contributed by atoms with van der Waals surface area (Å²) in [5, 5.41) is 25.3. The number of rotatable bonds is 6. The number of hydrogen-bond donors (Lipinski definition) is 2. The van der Waals surface area contributed by atoms with Gasteiger partial charge in [0.15, 0.2) is 5.82 Å². The summed E-state index contributed by atoms with van der Waals surface area (Å²) in [6, 6.07) is 10.9. The third-order valence-electron chi connectivity index (χ3n) is 6.69. The fourth-order valence-corrected chi connectivity index (χ4v) is 4.66. The molecule has 1 aliphatic rings. The van der Waals surface area contributed by atoms with Gasteiger partial charge in [-0.3, -0.25) is 5.41 Å². The lowest BCUT2D eigenvalue weighted by molar-refractivity contribution is 0.326. The second-order valence-electron chi connectivity index (χ2n) is 9.27. The molecule has 4 aromatic heterocycles. The minimum Gasteiger partial charge on any atom is -0.492 e. The molecule has 0 bridgehead atoms. The predicted octanol–water partition coefficient (Wildman–Crippen LogP) is 4.17. The summed E-state index contributed by atoms with van der Waals surface area (Å²) in [6.07, 6.45) is 8.13. The Labute approximate surface area is 214 Å². The van der Waals surface area contributed by atoms with Crippen molar-refractivity contribution in [3.05, 3.63) is 72.2 Å². The van der Waals surface area contributed by atoms with Gasteiger partial charge in [0, 0.05) is 42.1 Å². The van der Waals surface area contributed by atoms with Crippen LogP contribution in [0.5, 0.6) is 5.75 Å². The molecule has 4 aromatic rings. The summed E-state index contributed by atoms with van der Waals surface area (Å²) in [4.78, 5) is 10.9. The van der Waals surface area contributed by atoms with Crippen LogP contribution in [0.4, 0.5) is 10.2 Å². The molecule has 0 atom stereocenters. The van der Waals surface area contributed by atoms with Crippen LogP contribution < -0.4 is 15.0 Å². The standard InChI is InChI=1S/C27H27FN8O/c1-3-37-20-13-21(25-19(14-29)16-33-36(25)17-20)18-6-7-23(32-15-18)35-11-8-27(2,9-12-35)34-26(30)24-22(28)5-4-10-31-24/h4-7,10,13,15-17H,3,8-9,11-12H2,1-2H3,(H2,30,34). The molecule has 1 aliphatic heterocycles. The molecule has 188 valence electrons. The van der Waals surface area contributed by atoms with Gasteiger partial charge in [0.25, 0.3) is 0 Å². The Bertz CT molecular complexity index is 1480. The van der Waals surface area contributed by atoms with Crippen LogP contribution in [-0.2, 0) is 0 Å². The average molecular weight is 499 g/mol. The van der Waals surface area contributed by atoms with Crippen LogP contribution >= 0.6 is 0 Å². The molecule has 1 saturated heterocycles. The zero-order chi connectivity index (χ0) is 26.0. The number of amidine groups is 1. The number of pyridine rings is 3. The van der Waals surface area contributed by atoms with Crippen LogP contribution in [0.3, 0.4) is 0 Å². The number of halogens is 1. The number of piperidine rings is 1. The minimum atomic E-state index is -0.507. The van der Waals surface area contributed by atoms with E-state index < -0.39 is 5.82 Å². The first-order valence-corrected chi connectivity index (χ1v) is 12.1. The maximum atomic E-state index is 14.0. The van der Waals surface area contributed by atoms with Crippen molar-refractivity contribution in [2.24, 2.45) is 0 Å². The van der Waals surface area contributed by atoms with E-state index in [2.05, 4.69) is 26.4 Å². The average Bonchev–Trinajstić information content (AvgIpc) is 3.32. The fraction of sp³-hybridized carbons (Fsp3) is 0.296. The van der Waals surface area contributed by atoms with Crippen molar-refractivity contribution in [3.63, 3.8) is 0 Å². The number of hydrogen-bond acceptors (Lipinski definition) is 7. The van der Waals surface area contributed by atoms with E-state index in [0.717, 1.165) is 42.9 Å². The third kappa shape index (κ3) is 4.80. The number of anilines is 1. The summed E-state index contributed by atoms with van der Waals surface area (Å²) in [6.45, 7) is 5.96. The molecule has 0 amide bonds. The molecule has 0 aromatic carbocycles. The van der Waals surface area contributed by atoms with Crippen molar-refractivity contribution in [2.45, 2.75) is 32.2 Å². The Hall–Kier alpha value is -4.52. The first-order valence-electron chi connectivity index (χ1n) is 12.1.